The third kappa shape index (κ3) is 7.05. The van der Waals surface area contributed by atoms with E-state index in [-0.39, 0.29) is 23.7 Å². The Morgan fingerprint density at radius 3 is 1.17 bits per heavy atom. The SMILES string of the molecule is O=C1/C(=C2/C(=C3\CCN(Cc4ccccc4)C3=O)C(COCc3ccccc3)C2COCc2ccccc2)CCN1Cc1ccccc1. The fraction of sp³-hybridized carbons (Fsp3) is 0.286. The van der Waals surface area contributed by atoms with E-state index in [2.05, 4.69) is 48.5 Å². The van der Waals surface area contributed by atoms with Gasteiger partial charge in [0.2, 0.25) is 11.8 Å². The fourth-order valence-electron chi connectivity index (χ4n) is 7.33. The number of ether oxygens (including phenoxy) is 2. The summed E-state index contributed by atoms with van der Waals surface area (Å²) in [5.41, 5.74) is 8.13. The molecule has 4 aromatic rings. The second kappa shape index (κ2) is 15.0. The van der Waals surface area contributed by atoms with Gasteiger partial charge in [0.05, 0.1) is 26.4 Å². The maximum absolute atomic E-state index is 14.1. The molecule has 4 aromatic carbocycles. The van der Waals surface area contributed by atoms with Gasteiger partial charge < -0.3 is 19.3 Å². The first-order valence-electron chi connectivity index (χ1n) is 17.0. The minimum atomic E-state index is -0.0430. The van der Waals surface area contributed by atoms with Crippen molar-refractivity contribution in [3.8, 4) is 0 Å². The van der Waals surface area contributed by atoms with Crippen molar-refractivity contribution in [2.45, 2.75) is 39.1 Å². The van der Waals surface area contributed by atoms with Crippen LogP contribution in [0.4, 0.5) is 0 Å². The molecule has 7 rings (SSSR count). The van der Waals surface area contributed by atoms with Crippen molar-refractivity contribution in [1.82, 2.24) is 9.80 Å². The number of hydrogen-bond donors (Lipinski definition) is 0. The fourth-order valence-corrected chi connectivity index (χ4v) is 7.33. The highest BCUT2D eigenvalue weighted by atomic mass is 16.5. The molecule has 0 N–H and O–H groups in total. The van der Waals surface area contributed by atoms with E-state index in [0.29, 0.717) is 65.4 Å². The van der Waals surface area contributed by atoms with Crippen molar-refractivity contribution >= 4 is 11.8 Å². The second-order valence-corrected chi connectivity index (χ2v) is 12.9. The van der Waals surface area contributed by atoms with Crippen molar-refractivity contribution in [1.29, 1.82) is 0 Å². The molecule has 0 spiro atoms. The zero-order chi connectivity index (χ0) is 32.7. The Labute approximate surface area is 283 Å². The number of likely N-dealkylation sites (tertiary alicyclic amines) is 2. The van der Waals surface area contributed by atoms with Crippen LogP contribution in [0, 0.1) is 11.8 Å². The van der Waals surface area contributed by atoms with Crippen LogP contribution in [0.25, 0.3) is 0 Å². The third-order valence-corrected chi connectivity index (χ3v) is 9.77. The van der Waals surface area contributed by atoms with E-state index >= 15 is 0 Å². The summed E-state index contributed by atoms with van der Waals surface area (Å²) in [5.74, 6) is 0.0441. The first-order valence-corrected chi connectivity index (χ1v) is 17.0. The largest absolute Gasteiger partial charge is 0.376 e. The van der Waals surface area contributed by atoms with Gasteiger partial charge in [-0.3, -0.25) is 9.59 Å². The molecule has 1 saturated carbocycles. The Morgan fingerprint density at radius 2 is 0.812 bits per heavy atom. The van der Waals surface area contributed by atoms with Gasteiger partial charge in [-0.25, -0.2) is 0 Å². The van der Waals surface area contributed by atoms with E-state index in [0.717, 1.165) is 44.5 Å². The first kappa shape index (κ1) is 31.8. The standard InChI is InChI=1S/C42H42N2O4/c45-41-35(21-23-43(41)25-31-13-5-1-6-14-31)39-37(29-47-27-33-17-9-3-10-18-33)38(30-48-28-34-19-11-4-12-20-34)40(39)36-22-24-44(42(36)46)26-32-15-7-2-8-16-32/h1-20,37-38H,21-30H2/b39-35+,40-36+. The Balaban J connectivity index is 1.20. The van der Waals surface area contributed by atoms with E-state index in [9.17, 15) is 9.59 Å². The highest BCUT2D eigenvalue weighted by molar-refractivity contribution is 6.01. The lowest BCUT2D eigenvalue weighted by molar-refractivity contribution is -0.126. The van der Waals surface area contributed by atoms with Crippen molar-refractivity contribution in [2.24, 2.45) is 11.8 Å². The molecule has 0 aromatic heterocycles. The van der Waals surface area contributed by atoms with Crippen LogP contribution < -0.4 is 0 Å². The van der Waals surface area contributed by atoms with Crippen molar-refractivity contribution in [2.75, 3.05) is 26.3 Å². The summed E-state index contributed by atoms with van der Waals surface area (Å²) in [5, 5.41) is 0. The Hall–Kier alpha value is -4.78. The van der Waals surface area contributed by atoms with Gasteiger partial charge in [0, 0.05) is 49.2 Å². The summed E-state index contributed by atoms with van der Waals surface area (Å²) in [6, 6.07) is 40.6. The molecule has 2 heterocycles. The molecule has 2 atom stereocenters. The van der Waals surface area contributed by atoms with Gasteiger partial charge in [-0.15, -0.1) is 0 Å². The lowest BCUT2D eigenvalue weighted by Gasteiger charge is -2.44. The Bertz CT molecular complexity index is 1640. The first-order chi connectivity index (χ1) is 23.7. The zero-order valence-electron chi connectivity index (χ0n) is 27.3. The minimum absolute atomic E-state index is 0.0430. The van der Waals surface area contributed by atoms with Gasteiger partial charge in [-0.1, -0.05) is 121 Å². The summed E-state index contributed by atoms with van der Waals surface area (Å²) >= 11 is 0. The number of carbonyl (C=O) groups excluding carboxylic acids is 2. The van der Waals surface area contributed by atoms with E-state index in [1.165, 1.54) is 0 Å². The van der Waals surface area contributed by atoms with E-state index in [1.807, 2.05) is 82.6 Å². The molecule has 3 aliphatic rings. The number of amides is 2. The van der Waals surface area contributed by atoms with Crippen LogP contribution in [-0.2, 0) is 45.4 Å². The number of benzene rings is 4. The quantitative estimate of drug-likeness (QED) is 0.155. The van der Waals surface area contributed by atoms with Gasteiger partial charge in [0.15, 0.2) is 0 Å². The van der Waals surface area contributed by atoms with Crippen LogP contribution >= 0.6 is 0 Å². The molecule has 244 valence electrons. The molecule has 0 radical (unpaired) electrons. The third-order valence-electron chi connectivity index (χ3n) is 9.77. The van der Waals surface area contributed by atoms with Crippen LogP contribution in [-0.4, -0.2) is 47.9 Å². The molecule has 1 aliphatic carbocycles. The summed E-state index contributed by atoms with van der Waals surface area (Å²) < 4.78 is 12.7. The van der Waals surface area contributed by atoms with Crippen molar-refractivity contribution < 1.29 is 19.1 Å². The lowest BCUT2D eigenvalue weighted by atomic mass is 9.61. The topological polar surface area (TPSA) is 59.1 Å². The van der Waals surface area contributed by atoms with E-state index < -0.39 is 0 Å². The maximum Gasteiger partial charge on any atom is 0.250 e. The summed E-state index contributed by atoms with van der Waals surface area (Å²) in [4.78, 5) is 32.1. The van der Waals surface area contributed by atoms with Crippen molar-refractivity contribution in [3.63, 3.8) is 0 Å². The highest BCUT2D eigenvalue weighted by Gasteiger charge is 2.49. The van der Waals surface area contributed by atoms with Gasteiger partial charge in [0.1, 0.15) is 0 Å². The Morgan fingerprint density at radius 1 is 0.479 bits per heavy atom. The predicted molar refractivity (Wildman–Crippen MR) is 186 cm³/mol. The van der Waals surface area contributed by atoms with Gasteiger partial charge in [-0.2, -0.15) is 0 Å². The zero-order valence-corrected chi connectivity index (χ0v) is 27.3. The molecule has 6 nitrogen and oxygen atoms in total. The summed E-state index contributed by atoms with van der Waals surface area (Å²) in [6.45, 7) is 4.36. The van der Waals surface area contributed by atoms with Crippen LogP contribution in [0.1, 0.15) is 35.1 Å². The lowest BCUT2D eigenvalue weighted by Crippen LogP contribution is -2.42. The number of carbonyl (C=O) groups is 2. The van der Waals surface area contributed by atoms with Gasteiger partial charge in [-0.05, 0) is 46.2 Å². The average Bonchev–Trinajstić information content (AvgIpc) is 3.66. The van der Waals surface area contributed by atoms with Crippen LogP contribution in [0.5, 0.6) is 0 Å². The highest BCUT2D eigenvalue weighted by Crippen LogP contribution is 2.52. The van der Waals surface area contributed by atoms with Crippen LogP contribution in [0.3, 0.4) is 0 Å². The normalized spacial score (nSPS) is 22.4. The van der Waals surface area contributed by atoms with Gasteiger partial charge >= 0.3 is 0 Å². The smallest absolute Gasteiger partial charge is 0.250 e. The molecule has 0 bridgehead atoms. The molecule has 3 fully saturated rings. The molecule has 2 aliphatic heterocycles. The minimum Gasteiger partial charge on any atom is -0.376 e. The van der Waals surface area contributed by atoms with Gasteiger partial charge in [0.25, 0.3) is 0 Å². The molecule has 2 saturated heterocycles. The average molecular weight is 639 g/mol. The van der Waals surface area contributed by atoms with E-state index in [1.54, 1.807) is 0 Å². The molecule has 2 amide bonds. The number of hydrogen-bond acceptors (Lipinski definition) is 4. The molecule has 48 heavy (non-hydrogen) atoms. The van der Waals surface area contributed by atoms with E-state index in [4.69, 9.17) is 9.47 Å². The monoisotopic (exact) mass is 638 g/mol. The molecule has 6 heteroatoms. The van der Waals surface area contributed by atoms with Crippen LogP contribution in [0.15, 0.2) is 144 Å². The molecule has 2 unspecified atom stereocenters. The number of rotatable bonds is 12. The Kier molecular flexibility index (Phi) is 9.92. The second-order valence-electron chi connectivity index (χ2n) is 12.9. The summed E-state index contributed by atoms with van der Waals surface area (Å²) in [6.07, 6.45) is 1.32. The maximum atomic E-state index is 14.1. The van der Waals surface area contributed by atoms with Crippen LogP contribution in [0.2, 0.25) is 0 Å². The molecular weight excluding hydrogens is 596 g/mol. The number of nitrogens with zero attached hydrogens (tertiary/aromatic N) is 2. The predicted octanol–water partition coefficient (Wildman–Crippen LogP) is 7.12. The van der Waals surface area contributed by atoms with Crippen molar-refractivity contribution in [3.05, 3.63) is 166 Å². The molecular formula is C42H42N2O4. The summed E-state index contributed by atoms with van der Waals surface area (Å²) in [7, 11) is 0.